The van der Waals surface area contributed by atoms with Crippen molar-refractivity contribution in [2.24, 2.45) is 28.1 Å². The third-order valence-electron chi connectivity index (χ3n) is 10.8. The van der Waals surface area contributed by atoms with Gasteiger partial charge in [-0.15, -0.1) is 6.58 Å². The summed E-state index contributed by atoms with van der Waals surface area (Å²) in [4.78, 5) is 69.2. The Morgan fingerprint density at radius 2 is 1.62 bits per heavy atom. The Morgan fingerprint density at radius 1 is 0.979 bits per heavy atom. The standard InChI is InChI=1S/C37H63N5O5/c1-11-17-25(28(43)31(45)38-22-12-2)39-30(44)27-26-24(36(26,9)10)23-42(27)32(46)29(35(6,7)8)40-33(47)41-37(19-14-13-15-20-37)21-16-18-34(3,4)5/h12,24-27,29H,2,11,13-23H2,1,3-10H3,(H,38,45)(H,39,44)(H2,40,41,47)/t24?,25?,26-,27-,29+/m0/s1. The Labute approximate surface area is 283 Å². The van der Waals surface area contributed by atoms with Crippen molar-refractivity contribution < 1.29 is 24.0 Å². The molecule has 1 aliphatic heterocycles. The summed E-state index contributed by atoms with van der Waals surface area (Å²) in [6.07, 6.45) is 10.5. The van der Waals surface area contributed by atoms with Gasteiger partial charge in [0, 0.05) is 18.6 Å². The topological polar surface area (TPSA) is 137 Å². The third-order valence-corrected chi connectivity index (χ3v) is 10.8. The monoisotopic (exact) mass is 657 g/mol. The molecule has 4 N–H and O–H groups in total. The van der Waals surface area contributed by atoms with Crippen LogP contribution < -0.4 is 21.3 Å². The molecule has 5 atom stereocenters. The lowest BCUT2D eigenvalue weighted by Crippen LogP contribution is -2.63. The zero-order valence-electron chi connectivity index (χ0n) is 30.6. The highest BCUT2D eigenvalue weighted by Gasteiger charge is 2.70. The van der Waals surface area contributed by atoms with Crippen LogP contribution in [0.15, 0.2) is 12.7 Å². The molecule has 2 saturated carbocycles. The molecular formula is C37H63N5O5. The van der Waals surface area contributed by atoms with E-state index in [2.05, 4.69) is 62.5 Å². The van der Waals surface area contributed by atoms with E-state index in [4.69, 9.17) is 0 Å². The van der Waals surface area contributed by atoms with Crippen LogP contribution in [-0.4, -0.2) is 71.2 Å². The largest absolute Gasteiger partial charge is 0.346 e. The van der Waals surface area contributed by atoms with Crippen molar-refractivity contribution in [2.45, 2.75) is 150 Å². The fourth-order valence-corrected chi connectivity index (χ4v) is 7.88. The molecule has 3 rings (SSSR count). The minimum Gasteiger partial charge on any atom is -0.346 e. The maximum Gasteiger partial charge on any atom is 0.315 e. The van der Waals surface area contributed by atoms with E-state index >= 15 is 0 Å². The van der Waals surface area contributed by atoms with Crippen LogP contribution in [-0.2, 0) is 19.2 Å². The lowest BCUT2D eigenvalue weighted by Gasteiger charge is -2.41. The van der Waals surface area contributed by atoms with Gasteiger partial charge in [0.2, 0.25) is 17.6 Å². The molecule has 47 heavy (non-hydrogen) atoms. The normalized spacial score (nSPS) is 24.3. The van der Waals surface area contributed by atoms with Crippen LogP contribution in [0.5, 0.6) is 0 Å². The molecule has 266 valence electrons. The van der Waals surface area contributed by atoms with Gasteiger partial charge in [0.15, 0.2) is 0 Å². The van der Waals surface area contributed by atoms with E-state index in [1.807, 2.05) is 27.7 Å². The second-order valence-corrected chi connectivity index (χ2v) is 17.3. The van der Waals surface area contributed by atoms with Crippen molar-refractivity contribution >= 4 is 29.5 Å². The first-order chi connectivity index (χ1) is 21.8. The molecule has 0 radical (unpaired) electrons. The molecule has 0 bridgehead atoms. The summed E-state index contributed by atoms with van der Waals surface area (Å²) in [5.74, 6) is -2.18. The number of likely N-dealkylation sites (tertiary alicyclic amines) is 1. The molecule has 0 aromatic heterocycles. The van der Waals surface area contributed by atoms with Crippen molar-refractivity contribution in [3.05, 3.63) is 12.7 Å². The fraction of sp³-hybridized carbons (Fsp3) is 0.811. The summed E-state index contributed by atoms with van der Waals surface area (Å²) in [5.41, 5.74) is -0.850. The van der Waals surface area contributed by atoms with Crippen LogP contribution in [0.25, 0.3) is 0 Å². The first kappa shape index (κ1) is 38.5. The molecule has 1 saturated heterocycles. The number of amides is 5. The summed E-state index contributed by atoms with van der Waals surface area (Å²) in [6.45, 7) is 22.6. The van der Waals surface area contributed by atoms with Gasteiger partial charge in [-0.25, -0.2) is 4.79 Å². The molecule has 3 fully saturated rings. The van der Waals surface area contributed by atoms with Crippen molar-refractivity contribution in [1.82, 2.24) is 26.2 Å². The molecule has 10 nitrogen and oxygen atoms in total. The number of rotatable bonds is 14. The number of nitrogens with one attached hydrogen (secondary N) is 4. The first-order valence-electron chi connectivity index (χ1n) is 17.9. The quantitative estimate of drug-likeness (QED) is 0.149. The zero-order valence-corrected chi connectivity index (χ0v) is 30.6. The number of urea groups is 1. The van der Waals surface area contributed by atoms with Crippen LogP contribution in [0.1, 0.15) is 127 Å². The van der Waals surface area contributed by atoms with Gasteiger partial charge in [0.25, 0.3) is 5.91 Å². The number of carbonyl (C=O) groups is 5. The Hall–Kier alpha value is -2.91. The van der Waals surface area contributed by atoms with Gasteiger partial charge in [-0.05, 0) is 60.2 Å². The molecular weight excluding hydrogens is 594 g/mol. The lowest BCUT2D eigenvalue weighted by atomic mass is 9.76. The maximum absolute atomic E-state index is 14.4. The number of Topliss-reactive ketones (excluding diaryl/α,β-unsaturated/α-hetero) is 1. The molecule has 0 aromatic carbocycles. The number of nitrogens with zero attached hydrogens (tertiary/aromatic N) is 1. The lowest BCUT2D eigenvalue weighted by molar-refractivity contribution is -0.145. The molecule has 2 unspecified atom stereocenters. The average Bonchev–Trinajstić information content (AvgIpc) is 3.28. The van der Waals surface area contributed by atoms with Crippen LogP contribution in [0.4, 0.5) is 4.79 Å². The number of hydrogen-bond donors (Lipinski definition) is 4. The molecule has 0 aromatic rings. The van der Waals surface area contributed by atoms with Crippen LogP contribution in [0.3, 0.4) is 0 Å². The van der Waals surface area contributed by atoms with E-state index in [0.717, 1.165) is 51.4 Å². The Kier molecular flexibility index (Phi) is 12.4. The van der Waals surface area contributed by atoms with E-state index in [9.17, 15) is 24.0 Å². The van der Waals surface area contributed by atoms with Gasteiger partial charge >= 0.3 is 6.03 Å². The summed E-state index contributed by atoms with van der Waals surface area (Å²) in [5, 5.41) is 11.7. The highest BCUT2D eigenvalue weighted by molar-refractivity contribution is 6.38. The van der Waals surface area contributed by atoms with Gasteiger partial charge in [0.1, 0.15) is 12.1 Å². The predicted octanol–water partition coefficient (Wildman–Crippen LogP) is 5.26. The fourth-order valence-electron chi connectivity index (χ4n) is 7.88. The number of hydrogen-bond acceptors (Lipinski definition) is 5. The maximum atomic E-state index is 14.4. The first-order valence-corrected chi connectivity index (χ1v) is 17.9. The van der Waals surface area contributed by atoms with E-state index < -0.39 is 41.1 Å². The number of fused-ring (bicyclic) bond motifs is 1. The van der Waals surface area contributed by atoms with Crippen molar-refractivity contribution in [3.63, 3.8) is 0 Å². The number of piperidine rings is 1. The Balaban J connectivity index is 1.80. The van der Waals surface area contributed by atoms with Crippen LogP contribution >= 0.6 is 0 Å². The number of ketones is 1. The molecule has 2 aliphatic carbocycles. The van der Waals surface area contributed by atoms with Gasteiger partial charge < -0.3 is 26.2 Å². The van der Waals surface area contributed by atoms with E-state index in [1.165, 1.54) is 6.08 Å². The van der Waals surface area contributed by atoms with E-state index in [0.29, 0.717) is 19.4 Å². The highest BCUT2D eigenvalue weighted by atomic mass is 16.2. The van der Waals surface area contributed by atoms with Gasteiger partial charge in [-0.1, -0.05) is 100 Å². The van der Waals surface area contributed by atoms with Crippen molar-refractivity contribution in [1.29, 1.82) is 0 Å². The van der Waals surface area contributed by atoms with E-state index in [1.54, 1.807) is 4.90 Å². The van der Waals surface area contributed by atoms with Gasteiger partial charge in [-0.3, -0.25) is 19.2 Å². The molecule has 1 heterocycles. The molecule has 10 heteroatoms. The second kappa shape index (κ2) is 15.1. The summed E-state index contributed by atoms with van der Waals surface area (Å²) < 4.78 is 0. The minimum absolute atomic E-state index is 0.0822. The Morgan fingerprint density at radius 3 is 2.17 bits per heavy atom. The van der Waals surface area contributed by atoms with Crippen LogP contribution in [0.2, 0.25) is 0 Å². The van der Waals surface area contributed by atoms with Crippen LogP contribution in [0, 0.1) is 28.1 Å². The SMILES string of the molecule is C=CCNC(=O)C(=O)C(CCC)NC(=O)[C@@H]1[C@@H]2C(CN1C(=O)[C@@H](NC(=O)NC1(CCCC(C)(C)C)CCCCC1)C(C)(C)C)C2(C)C. The molecule has 0 spiro atoms. The molecule has 5 amide bonds. The second-order valence-electron chi connectivity index (χ2n) is 17.3. The van der Waals surface area contributed by atoms with Crippen molar-refractivity contribution in [2.75, 3.05) is 13.1 Å². The predicted molar refractivity (Wildman–Crippen MR) is 185 cm³/mol. The summed E-state index contributed by atoms with van der Waals surface area (Å²) >= 11 is 0. The van der Waals surface area contributed by atoms with E-state index in [-0.39, 0.29) is 46.7 Å². The number of carbonyl (C=O) groups excluding carboxylic acids is 5. The summed E-state index contributed by atoms with van der Waals surface area (Å²) in [7, 11) is 0. The smallest absolute Gasteiger partial charge is 0.315 e. The third kappa shape index (κ3) is 9.59. The Bertz CT molecular complexity index is 1180. The summed E-state index contributed by atoms with van der Waals surface area (Å²) in [6, 6.07) is -3.02. The minimum atomic E-state index is -0.998. The van der Waals surface area contributed by atoms with Gasteiger partial charge in [0.05, 0.1) is 6.04 Å². The average molecular weight is 658 g/mol. The molecule has 3 aliphatic rings. The highest BCUT2D eigenvalue weighted by Crippen LogP contribution is 2.65. The zero-order chi connectivity index (χ0) is 35.4. The van der Waals surface area contributed by atoms with Crippen molar-refractivity contribution in [3.8, 4) is 0 Å². The van der Waals surface area contributed by atoms with Gasteiger partial charge in [-0.2, -0.15) is 0 Å².